The van der Waals surface area contributed by atoms with E-state index in [-0.39, 0.29) is 10.1 Å². The van der Waals surface area contributed by atoms with Crippen LogP contribution in [0.3, 0.4) is 0 Å². The van der Waals surface area contributed by atoms with Gasteiger partial charge in [-0.3, -0.25) is 4.79 Å². The van der Waals surface area contributed by atoms with E-state index in [1.54, 1.807) is 11.4 Å². The van der Waals surface area contributed by atoms with Gasteiger partial charge >= 0.3 is 0 Å². The smallest absolute Gasteiger partial charge is 0.250 e. The Morgan fingerprint density at radius 1 is 1.42 bits per heavy atom. The Kier molecular flexibility index (Phi) is 6.43. The molecule has 19 heavy (non-hydrogen) atoms. The Labute approximate surface area is 117 Å². The SMILES string of the molecule is CNCCCNC(=O)C(C)NS(=O)(=O)c1cccs1. The Bertz CT molecular complexity index is 485. The van der Waals surface area contributed by atoms with Crippen molar-refractivity contribution in [3.63, 3.8) is 0 Å². The molecule has 0 saturated carbocycles. The summed E-state index contributed by atoms with van der Waals surface area (Å²) in [5, 5.41) is 7.33. The van der Waals surface area contributed by atoms with Gasteiger partial charge in [-0.1, -0.05) is 6.07 Å². The maximum Gasteiger partial charge on any atom is 0.250 e. The number of hydrogen-bond donors (Lipinski definition) is 3. The fourth-order valence-electron chi connectivity index (χ4n) is 1.39. The van der Waals surface area contributed by atoms with Crippen LogP contribution in [0.1, 0.15) is 13.3 Å². The third-order valence-corrected chi connectivity index (χ3v) is 5.33. The first-order valence-electron chi connectivity index (χ1n) is 5.95. The van der Waals surface area contributed by atoms with Gasteiger partial charge in [0.25, 0.3) is 10.0 Å². The number of nitrogens with one attached hydrogen (secondary N) is 3. The van der Waals surface area contributed by atoms with Crippen LogP contribution in [-0.2, 0) is 14.8 Å². The number of hydrogen-bond acceptors (Lipinski definition) is 5. The lowest BCUT2D eigenvalue weighted by Crippen LogP contribution is -2.45. The lowest BCUT2D eigenvalue weighted by molar-refractivity contribution is -0.122. The van der Waals surface area contributed by atoms with Gasteiger partial charge in [0.15, 0.2) is 0 Å². The lowest BCUT2D eigenvalue weighted by Gasteiger charge is -2.13. The first kappa shape index (κ1) is 16.1. The number of carbonyl (C=O) groups is 1. The quantitative estimate of drug-likeness (QED) is 0.596. The van der Waals surface area contributed by atoms with Crippen molar-refractivity contribution in [3.05, 3.63) is 17.5 Å². The minimum absolute atomic E-state index is 0.210. The molecule has 108 valence electrons. The first-order chi connectivity index (χ1) is 8.97. The van der Waals surface area contributed by atoms with Crippen molar-refractivity contribution in [2.45, 2.75) is 23.6 Å². The summed E-state index contributed by atoms with van der Waals surface area (Å²) in [6, 6.07) is 2.37. The normalized spacial score (nSPS) is 13.2. The molecular weight excluding hydrogens is 286 g/mol. The summed E-state index contributed by atoms with van der Waals surface area (Å²) < 4.78 is 26.4. The van der Waals surface area contributed by atoms with Crippen molar-refractivity contribution >= 4 is 27.3 Å². The molecule has 0 spiro atoms. The minimum Gasteiger partial charge on any atom is -0.355 e. The highest BCUT2D eigenvalue weighted by Crippen LogP contribution is 2.15. The molecule has 0 aliphatic heterocycles. The highest BCUT2D eigenvalue weighted by molar-refractivity contribution is 7.91. The predicted molar refractivity (Wildman–Crippen MR) is 75.7 cm³/mol. The van der Waals surface area contributed by atoms with Gasteiger partial charge in [-0.15, -0.1) is 11.3 Å². The number of amides is 1. The highest BCUT2D eigenvalue weighted by atomic mass is 32.2. The summed E-state index contributed by atoms with van der Waals surface area (Å²) in [7, 11) is -1.77. The maximum atomic E-state index is 11.9. The third-order valence-electron chi connectivity index (χ3n) is 2.39. The molecule has 0 saturated heterocycles. The second kappa shape index (κ2) is 7.59. The molecule has 0 aromatic carbocycles. The number of carbonyl (C=O) groups excluding carboxylic acids is 1. The molecule has 1 aromatic rings. The van der Waals surface area contributed by atoms with E-state index >= 15 is 0 Å². The number of sulfonamides is 1. The molecule has 1 rings (SSSR count). The van der Waals surface area contributed by atoms with E-state index in [9.17, 15) is 13.2 Å². The summed E-state index contributed by atoms with van der Waals surface area (Å²) >= 11 is 1.12. The zero-order valence-electron chi connectivity index (χ0n) is 11.0. The van der Waals surface area contributed by atoms with Crippen molar-refractivity contribution in [2.24, 2.45) is 0 Å². The molecule has 0 aliphatic rings. The molecule has 1 aromatic heterocycles. The molecule has 6 nitrogen and oxygen atoms in total. The van der Waals surface area contributed by atoms with Crippen molar-refractivity contribution in [1.29, 1.82) is 0 Å². The van der Waals surface area contributed by atoms with Gasteiger partial charge in [-0.25, -0.2) is 8.42 Å². The van der Waals surface area contributed by atoms with Gasteiger partial charge in [0.1, 0.15) is 4.21 Å². The first-order valence-corrected chi connectivity index (χ1v) is 8.32. The molecule has 3 N–H and O–H groups in total. The fraction of sp³-hybridized carbons (Fsp3) is 0.545. The standard InChI is InChI=1S/C11H19N3O3S2/c1-9(11(15)13-7-4-6-12-2)14-19(16,17)10-5-3-8-18-10/h3,5,8-9,12,14H,4,6-7H2,1-2H3,(H,13,15). The van der Waals surface area contributed by atoms with Crippen LogP contribution in [0.5, 0.6) is 0 Å². The van der Waals surface area contributed by atoms with E-state index in [1.165, 1.54) is 13.0 Å². The van der Waals surface area contributed by atoms with Crippen LogP contribution in [-0.4, -0.2) is 40.5 Å². The molecule has 0 radical (unpaired) electrons. The molecule has 1 heterocycles. The number of rotatable bonds is 8. The van der Waals surface area contributed by atoms with E-state index in [2.05, 4.69) is 15.4 Å². The summed E-state index contributed by atoms with van der Waals surface area (Å²) in [5.41, 5.74) is 0. The minimum atomic E-state index is -3.60. The fourth-order valence-corrected chi connectivity index (χ4v) is 3.60. The van der Waals surface area contributed by atoms with Gasteiger partial charge in [0.05, 0.1) is 6.04 Å². The van der Waals surface area contributed by atoms with Crippen LogP contribution in [0, 0.1) is 0 Å². The summed E-state index contributed by atoms with van der Waals surface area (Å²) in [6.07, 6.45) is 0.798. The topological polar surface area (TPSA) is 87.3 Å². The molecule has 0 aliphatic carbocycles. The summed E-state index contributed by atoms with van der Waals surface area (Å²) in [4.78, 5) is 11.7. The summed E-state index contributed by atoms with van der Waals surface area (Å²) in [6.45, 7) is 2.85. The Balaban J connectivity index is 2.46. The summed E-state index contributed by atoms with van der Waals surface area (Å²) in [5.74, 6) is -0.323. The second-order valence-electron chi connectivity index (χ2n) is 4.02. The van der Waals surface area contributed by atoms with Crippen LogP contribution in [0.25, 0.3) is 0 Å². The predicted octanol–water partition coefficient (Wildman–Crippen LogP) is 0.141. The average Bonchev–Trinajstić information content (AvgIpc) is 2.88. The second-order valence-corrected chi connectivity index (χ2v) is 6.91. The Morgan fingerprint density at radius 3 is 2.74 bits per heavy atom. The van der Waals surface area contributed by atoms with Crippen LogP contribution in [0.4, 0.5) is 0 Å². The van der Waals surface area contributed by atoms with E-state index in [1.807, 2.05) is 7.05 Å². The largest absolute Gasteiger partial charge is 0.355 e. The van der Waals surface area contributed by atoms with Gasteiger partial charge in [-0.2, -0.15) is 4.72 Å². The van der Waals surface area contributed by atoms with Crippen molar-refractivity contribution in [1.82, 2.24) is 15.4 Å². The Hall–Kier alpha value is -0.960. The molecule has 1 amide bonds. The van der Waals surface area contributed by atoms with E-state index in [4.69, 9.17) is 0 Å². The third kappa shape index (κ3) is 5.27. The molecule has 1 unspecified atom stereocenters. The van der Waals surface area contributed by atoms with Crippen LogP contribution in [0.15, 0.2) is 21.7 Å². The van der Waals surface area contributed by atoms with Gasteiger partial charge in [-0.05, 0) is 38.4 Å². The highest BCUT2D eigenvalue weighted by Gasteiger charge is 2.22. The maximum absolute atomic E-state index is 11.9. The van der Waals surface area contributed by atoms with Gasteiger partial charge < -0.3 is 10.6 Å². The average molecular weight is 305 g/mol. The zero-order valence-corrected chi connectivity index (χ0v) is 12.6. The van der Waals surface area contributed by atoms with Crippen LogP contribution in [0.2, 0.25) is 0 Å². The molecular formula is C11H19N3O3S2. The van der Waals surface area contributed by atoms with E-state index in [0.29, 0.717) is 6.54 Å². The molecule has 0 fully saturated rings. The van der Waals surface area contributed by atoms with Crippen LogP contribution >= 0.6 is 11.3 Å². The van der Waals surface area contributed by atoms with Gasteiger partial charge in [0, 0.05) is 6.54 Å². The van der Waals surface area contributed by atoms with Crippen LogP contribution < -0.4 is 15.4 Å². The van der Waals surface area contributed by atoms with Crippen molar-refractivity contribution in [2.75, 3.05) is 20.1 Å². The lowest BCUT2D eigenvalue weighted by atomic mass is 10.3. The van der Waals surface area contributed by atoms with E-state index in [0.717, 1.165) is 24.3 Å². The Morgan fingerprint density at radius 2 is 2.16 bits per heavy atom. The molecule has 1 atom stereocenters. The number of thiophene rings is 1. The molecule has 8 heteroatoms. The molecule has 0 bridgehead atoms. The van der Waals surface area contributed by atoms with Crippen molar-refractivity contribution < 1.29 is 13.2 Å². The van der Waals surface area contributed by atoms with E-state index < -0.39 is 16.1 Å². The van der Waals surface area contributed by atoms with Crippen molar-refractivity contribution in [3.8, 4) is 0 Å². The van der Waals surface area contributed by atoms with Gasteiger partial charge in [0.2, 0.25) is 5.91 Å². The zero-order chi connectivity index (χ0) is 14.3. The monoisotopic (exact) mass is 305 g/mol.